The SMILES string of the molecule is CCCCCCCCCCCC(C)(C)C.Cl.N. The van der Waals surface area contributed by atoms with Gasteiger partial charge in [0.05, 0.1) is 0 Å². The minimum atomic E-state index is 0. The Labute approximate surface area is 116 Å². The Morgan fingerprint density at radius 1 is 0.647 bits per heavy atom. The lowest BCUT2D eigenvalue weighted by Crippen LogP contribution is -2.03. The summed E-state index contributed by atoms with van der Waals surface area (Å²) in [4.78, 5) is 0. The standard InChI is InChI=1S/C15H32.ClH.H3N/c1-5-6-7-8-9-10-11-12-13-14-15(2,3)4;;/h5-14H2,1-4H3;1H;1H3. The fraction of sp³-hybridized carbons (Fsp3) is 1.00. The zero-order chi connectivity index (χ0) is 11.6. The molecule has 0 aromatic heterocycles. The molecule has 0 aliphatic rings. The third-order valence-corrected chi connectivity index (χ3v) is 3.03. The van der Waals surface area contributed by atoms with Crippen molar-refractivity contribution in [3.8, 4) is 0 Å². The molecule has 0 saturated carbocycles. The number of halogens is 1. The lowest BCUT2D eigenvalue weighted by atomic mass is 9.89. The summed E-state index contributed by atoms with van der Waals surface area (Å²) in [6.07, 6.45) is 14.4. The molecule has 3 N–H and O–H groups in total. The maximum Gasteiger partial charge on any atom is -0.0383 e. The van der Waals surface area contributed by atoms with Crippen LogP contribution in [0.15, 0.2) is 0 Å². The molecule has 0 spiro atoms. The van der Waals surface area contributed by atoms with E-state index in [4.69, 9.17) is 0 Å². The van der Waals surface area contributed by atoms with Gasteiger partial charge in [0.2, 0.25) is 0 Å². The molecule has 0 aromatic rings. The van der Waals surface area contributed by atoms with Crippen LogP contribution in [0.5, 0.6) is 0 Å². The van der Waals surface area contributed by atoms with E-state index in [1.165, 1.54) is 64.2 Å². The van der Waals surface area contributed by atoms with Gasteiger partial charge in [0.1, 0.15) is 0 Å². The first kappa shape index (κ1) is 22.4. The summed E-state index contributed by atoms with van der Waals surface area (Å²) < 4.78 is 0. The van der Waals surface area contributed by atoms with Crippen LogP contribution in [0.1, 0.15) is 91.9 Å². The predicted octanol–water partition coefficient (Wildman–Crippen LogP) is 6.54. The van der Waals surface area contributed by atoms with Crippen molar-refractivity contribution in [3.63, 3.8) is 0 Å². The van der Waals surface area contributed by atoms with E-state index in [1.54, 1.807) is 0 Å². The highest BCUT2D eigenvalue weighted by Crippen LogP contribution is 2.22. The first-order valence-electron chi connectivity index (χ1n) is 7.06. The van der Waals surface area contributed by atoms with Crippen LogP contribution in [0.4, 0.5) is 0 Å². The van der Waals surface area contributed by atoms with Crippen LogP contribution in [0.25, 0.3) is 0 Å². The number of hydrogen-bond acceptors (Lipinski definition) is 1. The molecule has 0 aliphatic carbocycles. The second kappa shape index (κ2) is 14.3. The summed E-state index contributed by atoms with van der Waals surface area (Å²) in [6, 6.07) is 0. The zero-order valence-corrected chi connectivity index (χ0v) is 13.5. The highest BCUT2D eigenvalue weighted by Gasteiger charge is 2.08. The zero-order valence-electron chi connectivity index (χ0n) is 12.7. The second-order valence-corrected chi connectivity index (χ2v) is 6.14. The molecule has 0 fully saturated rings. The van der Waals surface area contributed by atoms with Gasteiger partial charge in [-0.2, -0.15) is 0 Å². The van der Waals surface area contributed by atoms with E-state index in [2.05, 4.69) is 27.7 Å². The van der Waals surface area contributed by atoms with Crippen molar-refractivity contribution >= 4 is 12.4 Å². The minimum Gasteiger partial charge on any atom is -0.344 e. The lowest BCUT2D eigenvalue weighted by Gasteiger charge is -2.17. The average molecular weight is 266 g/mol. The molecule has 0 unspecified atom stereocenters. The van der Waals surface area contributed by atoms with Crippen LogP contribution in [0, 0.1) is 5.41 Å². The fourth-order valence-electron chi connectivity index (χ4n) is 1.97. The number of rotatable bonds is 9. The van der Waals surface area contributed by atoms with Gasteiger partial charge in [-0.15, -0.1) is 12.4 Å². The van der Waals surface area contributed by atoms with Crippen LogP contribution >= 0.6 is 12.4 Å². The van der Waals surface area contributed by atoms with Crippen molar-refractivity contribution in [2.75, 3.05) is 0 Å². The maximum absolute atomic E-state index is 2.34. The Balaban J connectivity index is -0.000000980. The number of unbranched alkanes of at least 4 members (excludes halogenated alkanes) is 8. The monoisotopic (exact) mass is 265 g/mol. The van der Waals surface area contributed by atoms with Gasteiger partial charge in [0.25, 0.3) is 0 Å². The maximum atomic E-state index is 2.34. The molecule has 0 radical (unpaired) electrons. The molecule has 0 rings (SSSR count). The van der Waals surface area contributed by atoms with Crippen molar-refractivity contribution in [1.82, 2.24) is 6.15 Å². The minimum absolute atomic E-state index is 0. The van der Waals surface area contributed by atoms with Gasteiger partial charge >= 0.3 is 0 Å². The molecule has 1 nitrogen and oxygen atoms in total. The van der Waals surface area contributed by atoms with Gasteiger partial charge in [-0.1, -0.05) is 85.5 Å². The molecule has 0 atom stereocenters. The molecule has 0 amide bonds. The summed E-state index contributed by atoms with van der Waals surface area (Å²) in [5, 5.41) is 0. The summed E-state index contributed by atoms with van der Waals surface area (Å²) in [5.41, 5.74) is 0.543. The Hall–Kier alpha value is 0.250. The van der Waals surface area contributed by atoms with Crippen LogP contribution in [-0.4, -0.2) is 0 Å². The first-order chi connectivity index (χ1) is 7.06. The summed E-state index contributed by atoms with van der Waals surface area (Å²) in [5.74, 6) is 0. The molecule has 108 valence electrons. The fourth-order valence-corrected chi connectivity index (χ4v) is 1.97. The largest absolute Gasteiger partial charge is 0.344 e. The Bertz CT molecular complexity index is 129. The van der Waals surface area contributed by atoms with E-state index in [0.29, 0.717) is 5.41 Å². The Morgan fingerprint density at radius 3 is 1.35 bits per heavy atom. The highest BCUT2D eigenvalue weighted by atomic mass is 35.5. The van der Waals surface area contributed by atoms with Crippen LogP contribution in [0.3, 0.4) is 0 Å². The molecule has 0 heterocycles. The summed E-state index contributed by atoms with van der Waals surface area (Å²) in [7, 11) is 0. The van der Waals surface area contributed by atoms with E-state index in [-0.39, 0.29) is 18.6 Å². The van der Waals surface area contributed by atoms with E-state index in [9.17, 15) is 0 Å². The molecule has 0 saturated heterocycles. The molecule has 0 aliphatic heterocycles. The van der Waals surface area contributed by atoms with E-state index >= 15 is 0 Å². The Kier molecular flexibility index (Phi) is 18.9. The van der Waals surface area contributed by atoms with Gasteiger partial charge in [-0.25, -0.2) is 0 Å². The topological polar surface area (TPSA) is 35.0 Å². The van der Waals surface area contributed by atoms with Gasteiger partial charge in [0, 0.05) is 0 Å². The highest BCUT2D eigenvalue weighted by molar-refractivity contribution is 5.85. The van der Waals surface area contributed by atoms with Crippen molar-refractivity contribution < 1.29 is 0 Å². The van der Waals surface area contributed by atoms with Crippen molar-refractivity contribution in [1.29, 1.82) is 0 Å². The van der Waals surface area contributed by atoms with E-state index in [1.807, 2.05) is 0 Å². The summed E-state index contributed by atoms with van der Waals surface area (Å²) >= 11 is 0. The molecular weight excluding hydrogens is 230 g/mol. The van der Waals surface area contributed by atoms with E-state index in [0.717, 1.165) is 0 Å². The number of hydrogen-bond donors (Lipinski definition) is 1. The summed E-state index contributed by atoms with van der Waals surface area (Å²) in [6.45, 7) is 9.32. The smallest absolute Gasteiger partial charge is 0.0383 e. The second-order valence-electron chi connectivity index (χ2n) is 6.14. The Morgan fingerprint density at radius 2 is 1.00 bits per heavy atom. The van der Waals surface area contributed by atoms with Gasteiger partial charge in [-0.05, 0) is 11.8 Å². The molecular formula is C15H36ClN. The van der Waals surface area contributed by atoms with Crippen molar-refractivity contribution in [2.45, 2.75) is 91.9 Å². The first-order valence-corrected chi connectivity index (χ1v) is 7.06. The van der Waals surface area contributed by atoms with Gasteiger partial charge in [0.15, 0.2) is 0 Å². The van der Waals surface area contributed by atoms with Gasteiger partial charge < -0.3 is 6.15 Å². The van der Waals surface area contributed by atoms with Crippen molar-refractivity contribution in [3.05, 3.63) is 0 Å². The third kappa shape index (κ3) is 22.0. The molecule has 0 bridgehead atoms. The quantitative estimate of drug-likeness (QED) is 0.472. The molecule has 2 heteroatoms. The van der Waals surface area contributed by atoms with Gasteiger partial charge in [-0.3, -0.25) is 0 Å². The van der Waals surface area contributed by atoms with E-state index < -0.39 is 0 Å². The van der Waals surface area contributed by atoms with Crippen LogP contribution in [-0.2, 0) is 0 Å². The normalized spacial score (nSPS) is 10.6. The lowest BCUT2D eigenvalue weighted by molar-refractivity contribution is 0.356. The third-order valence-electron chi connectivity index (χ3n) is 3.03. The average Bonchev–Trinajstić information content (AvgIpc) is 2.14. The molecule has 17 heavy (non-hydrogen) atoms. The predicted molar refractivity (Wildman–Crippen MR) is 83.6 cm³/mol. The molecule has 0 aromatic carbocycles. The van der Waals surface area contributed by atoms with Crippen molar-refractivity contribution in [2.24, 2.45) is 5.41 Å². The van der Waals surface area contributed by atoms with Crippen LogP contribution in [0.2, 0.25) is 0 Å². The van der Waals surface area contributed by atoms with Crippen LogP contribution < -0.4 is 6.15 Å².